The van der Waals surface area contributed by atoms with Gasteiger partial charge in [0.15, 0.2) is 0 Å². The van der Waals surface area contributed by atoms with Gasteiger partial charge in [0.25, 0.3) is 0 Å². The maximum absolute atomic E-state index is 4.01. The predicted octanol–water partition coefficient (Wildman–Crippen LogP) is 10.9. The van der Waals surface area contributed by atoms with Crippen molar-refractivity contribution < 1.29 is 0 Å². The van der Waals surface area contributed by atoms with E-state index in [-0.39, 0.29) is 18.2 Å². The van der Waals surface area contributed by atoms with Crippen LogP contribution < -0.4 is 15.1 Å². The third-order valence-corrected chi connectivity index (χ3v) is 12.6. The van der Waals surface area contributed by atoms with Gasteiger partial charge >= 0.3 is 0 Å². The van der Waals surface area contributed by atoms with Crippen LogP contribution in [0, 0.1) is 5.92 Å². The lowest BCUT2D eigenvalue weighted by atomic mass is 9.85. The highest BCUT2D eigenvalue weighted by atomic mass is 15.5. The minimum absolute atomic E-state index is 0.171. The smallest absolute Gasteiger partial charge is 0.0891 e. The molecule has 0 aromatic heterocycles. The zero-order valence-corrected chi connectivity index (χ0v) is 30.3. The number of nitrogens with zero attached hydrogens (tertiary/aromatic N) is 3. The molecule has 4 heteroatoms. The second-order valence-corrected chi connectivity index (χ2v) is 15.6. The molecule has 0 amide bonds. The summed E-state index contributed by atoms with van der Waals surface area (Å²) in [6, 6.07) is 37.2. The van der Waals surface area contributed by atoms with E-state index in [9.17, 15) is 0 Å². The molecule has 7 aliphatic rings. The molecule has 3 aliphatic heterocycles. The maximum Gasteiger partial charge on any atom is 0.0891 e. The second kappa shape index (κ2) is 13.0. The quantitative estimate of drug-likeness (QED) is 0.216. The molecule has 3 heterocycles. The maximum atomic E-state index is 4.01. The van der Waals surface area contributed by atoms with Gasteiger partial charge in [-0.15, -0.1) is 0 Å². The lowest BCUT2D eigenvalue weighted by Crippen LogP contribution is -2.68. The standard InChI is InChI=1S/C50H44N4/c1-4-15-34(16-5-1)49-51-50(54(49)39-20-8-3-9-21-39)37-17-14-22-40(31-37)53-46-26-13-11-24-42(46)44-33-36(28-30-48(44)53)35-27-29-47-43(32-35)41-23-10-12-25-45(41)52(47)38-18-6-2-7-19-38/h1-15,17-20,22-34,39,42-43,46-47,49-51H,16,21H2. The molecule has 1 saturated heterocycles. The Bertz CT molecular complexity index is 2360. The summed E-state index contributed by atoms with van der Waals surface area (Å²) in [6.07, 6.45) is 37.3. The van der Waals surface area contributed by atoms with Crippen molar-refractivity contribution >= 4 is 28.3 Å². The molecule has 4 nitrogen and oxygen atoms in total. The van der Waals surface area contributed by atoms with E-state index in [1.807, 2.05) is 0 Å². The van der Waals surface area contributed by atoms with Crippen LogP contribution in [0.25, 0.3) is 5.57 Å². The number of hydrogen-bond donors (Lipinski definition) is 1. The van der Waals surface area contributed by atoms with Gasteiger partial charge in [-0.2, -0.15) is 0 Å². The average molecular weight is 701 g/mol. The van der Waals surface area contributed by atoms with Crippen LogP contribution in [0.3, 0.4) is 0 Å². The predicted molar refractivity (Wildman–Crippen MR) is 223 cm³/mol. The number of para-hydroxylation sites is 2. The van der Waals surface area contributed by atoms with Gasteiger partial charge in [-0.25, -0.2) is 0 Å². The molecule has 0 spiro atoms. The Balaban J connectivity index is 0.918. The highest BCUT2D eigenvalue weighted by Crippen LogP contribution is 2.52. The summed E-state index contributed by atoms with van der Waals surface area (Å²) in [6.45, 7) is 0. The van der Waals surface area contributed by atoms with Crippen molar-refractivity contribution in [1.29, 1.82) is 0 Å². The number of nitrogens with one attached hydrogen (secondary N) is 1. The van der Waals surface area contributed by atoms with E-state index in [4.69, 9.17) is 0 Å². The minimum Gasteiger partial charge on any atom is -0.333 e. The van der Waals surface area contributed by atoms with Crippen LogP contribution in [-0.2, 0) is 0 Å². The molecule has 1 N–H and O–H groups in total. The first-order valence-corrected chi connectivity index (χ1v) is 19.7. The number of benzene rings is 4. The van der Waals surface area contributed by atoms with Crippen molar-refractivity contribution in [3.05, 3.63) is 210 Å². The monoisotopic (exact) mass is 700 g/mol. The largest absolute Gasteiger partial charge is 0.333 e. The number of fused-ring (bicyclic) bond motifs is 6. The number of allylic oxidation sites excluding steroid dienone is 9. The Hall–Kier alpha value is -5.68. The fraction of sp³-hybridized carbons (Fsp3) is 0.200. The van der Waals surface area contributed by atoms with Gasteiger partial charge < -0.3 is 9.80 Å². The van der Waals surface area contributed by atoms with Crippen LogP contribution in [0.4, 0.5) is 22.7 Å². The molecule has 54 heavy (non-hydrogen) atoms. The Morgan fingerprint density at radius 2 is 1.31 bits per heavy atom. The van der Waals surface area contributed by atoms with Crippen molar-refractivity contribution in [1.82, 2.24) is 10.2 Å². The molecule has 0 saturated carbocycles. The summed E-state index contributed by atoms with van der Waals surface area (Å²) in [5, 5.41) is 4.01. The lowest BCUT2D eigenvalue weighted by molar-refractivity contribution is -0.0719. The zero-order chi connectivity index (χ0) is 35.6. The summed E-state index contributed by atoms with van der Waals surface area (Å²) < 4.78 is 0. The van der Waals surface area contributed by atoms with Crippen LogP contribution in [0.5, 0.6) is 0 Å². The third-order valence-electron chi connectivity index (χ3n) is 12.6. The number of hydrogen-bond acceptors (Lipinski definition) is 4. The molecule has 4 aromatic rings. The highest BCUT2D eigenvalue weighted by Gasteiger charge is 2.46. The number of anilines is 4. The van der Waals surface area contributed by atoms with Gasteiger partial charge in [0, 0.05) is 46.5 Å². The lowest BCUT2D eigenvalue weighted by Gasteiger charge is -2.56. The average Bonchev–Trinajstić information content (AvgIpc) is 3.74. The van der Waals surface area contributed by atoms with E-state index in [1.165, 1.54) is 50.6 Å². The summed E-state index contributed by atoms with van der Waals surface area (Å²) in [7, 11) is 0. The van der Waals surface area contributed by atoms with Gasteiger partial charge in [-0.3, -0.25) is 10.2 Å². The van der Waals surface area contributed by atoms with Crippen molar-refractivity contribution in [2.45, 2.75) is 55.1 Å². The Kier molecular flexibility index (Phi) is 7.67. The summed E-state index contributed by atoms with van der Waals surface area (Å²) in [5.41, 5.74) is 11.8. The van der Waals surface area contributed by atoms with Gasteiger partial charge in [-0.1, -0.05) is 146 Å². The van der Waals surface area contributed by atoms with Crippen molar-refractivity contribution in [2.24, 2.45) is 5.92 Å². The fourth-order valence-corrected chi connectivity index (χ4v) is 10.1. The highest BCUT2D eigenvalue weighted by molar-refractivity contribution is 5.85. The topological polar surface area (TPSA) is 21.8 Å². The van der Waals surface area contributed by atoms with Crippen molar-refractivity contribution in [2.75, 3.05) is 9.80 Å². The molecule has 0 bridgehead atoms. The molecule has 0 radical (unpaired) electrons. The van der Waals surface area contributed by atoms with Crippen molar-refractivity contribution in [3.8, 4) is 0 Å². The van der Waals surface area contributed by atoms with Crippen LogP contribution >= 0.6 is 0 Å². The summed E-state index contributed by atoms with van der Waals surface area (Å²) in [4.78, 5) is 7.80. The van der Waals surface area contributed by atoms with Crippen LogP contribution in [0.15, 0.2) is 188 Å². The fourth-order valence-electron chi connectivity index (χ4n) is 10.1. The molecule has 1 fully saturated rings. The van der Waals surface area contributed by atoms with Crippen LogP contribution in [0.1, 0.15) is 53.1 Å². The number of rotatable bonds is 6. The third kappa shape index (κ3) is 5.12. The van der Waals surface area contributed by atoms with Crippen LogP contribution in [-0.4, -0.2) is 29.2 Å². The van der Waals surface area contributed by atoms with E-state index in [0.717, 1.165) is 12.8 Å². The Morgan fingerprint density at radius 1 is 0.556 bits per heavy atom. The molecule has 4 aromatic carbocycles. The van der Waals surface area contributed by atoms with Gasteiger partial charge in [-0.05, 0) is 83.1 Å². The minimum atomic E-state index is 0.171. The van der Waals surface area contributed by atoms with E-state index < -0.39 is 0 Å². The summed E-state index contributed by atoms with van der Waals surface area (Å²) in [5.74, 6) is 1.06. The second-order valence-electron chi connectivity index (χ2n) is 15.6. The molecule has 8 atom stereocenters. The molecule has 11 rings (SSSR count). The normalized spacial score (nSPS) is 29.8. The Morgan fingerprint density at radius 3 is 2.19 bits per heavy atom. The molecular formula is C50H44N4. The van der Waals surface area contributed by atoms with E-state index in [1.54, 1.807) is 0 Å². The first-order chi connectivity index (χ1) is 26.8. The summed E-state index contributed by atoms with van der Waals surface area (Å²) >= 11 is 0. The molecular weight excluding hydrogens is 657 g/mol. The van der Waals surface area contributed by atoms with Crippen LogP contribution in [0.2, 0.25) is 0 Å². The Labute approximate surface area is 318 Å². The van der Waals surface area contributed by atoms with Gasteiger partial charge in [0.05, 0.1) is 24.4 Å². The van der Waals surface area contributed by atoms with E-state index >= 15 is 0 Å². The molecule has 8 unspecified atom stereocenters. The molecule has 264 valence electrons. The van der Waals surface area contributed by atoms with Gasteiger partial charge in [0.1, 0.15) is 0 Å². The van der Waals surface area contributed by atoms with Crippen molar-refractivity contribution in [3.63, 3.8) is 0 Å². The first kappa shape index (κ1) is 31.8. The SMILES string of the molecule is C1=CCC(C2NC(c3cccc(N4c5ccc(C6=CC7c8ccccc8N(c8ccccc8)C7C=C6)cc5C5C=CC=CC54)c3)N2C2C=CC=CC2)C=C1. The first-order valence-electron chi connectivity index (χ1n) is 19.7. The zero-order valence-electron chi connectivity index (χ0n) is 30.3. The van der Waals surface area contributed by atoms with E-state index in [2.05, 4.69) is 208 Å². The van der Waals surface area contributed by atoms with Gasteiger partial charge in [0.2, 0.25) is 0 Å². The van der Waals surface area contributed by atoms with E-state index in [0.29, 0.717) is 30.0 Å². The molecule has 4 aliphatic carbocycles.